The molecule has 0 radical (unpaired) electrons. The molecule has 3 aromatic carbocycles. The molecule has 2 saturated carbocycles. The van der Waals surface area contributed by atoms with Crippen molar-refractivity contribution in [3.05, 3.63) is 65.2 Å². The van der Waals surface area contributed by atoms with Gasteiger partial charge >= 0.3 is 0 Å². The van der Waals surface area contributed by atoms with E-state index in [1.54, 1.807) is 13.2 Å². The van der Waals surface area contributed by atoms with Gasteiger partial charge in [0.05, 0.1) is 34.4 Å². The van der Waals surface area contributed by atoms with E-state index in [1.807, 2.05) is 37.4 Å². The van der Waals surface area contributed by atoms with Crippen LogP contribution in [-0.4, -0.2) is 50.2 Å². The van der Waals surface area contributed by atoms with Crippen LogP contribution in [0.3, 0.4) is 0 Å². The van der Waals surface area contributed by atoms with Crippen LogP contribution in [0.5, 0.6) is 11.5 Å². The van der Waals surface area contributed by atoms with Gasteiger partial charge in [-0.1, -0.05) is 35.9 Å². The van der Waals surface area contributed by atoms with Gasteiger partial charge in [-0.2, -0.15) is 0 Å². The topological polar surface area (TPSA) is 107 Å². The molecule has 2 aromatic heterocycles. The summed E-state index contributed by atoms with van der Waals surface area (Å²) in [7, 11) is 3.64. The number of carbonyl (C=O) groups excluding carboxylic acids is 1. The highest BCUT2D eigenvalue weighted by Gasteiger charge is 2.56. The predicted octanol–water partition coefficient (Wildman–Crippen LogP) is 5.90. The maximum Gasteiger partial charge on any atom is 0.184 e. The number of piperidine rings is 1. The summed E-state index contributed by atoms with van der Waals surface area (Å²) >= 11 is 6.33. The Morgan fingerprint density at radius 3 is 2.67 bits per heavy atom. The molecule has 1 saturated heterocycles. The summed E-state index contributed by atoms with van der Waals surface area (Å²) in [4.78, 5) is 19.1. The van der Waals surface area contributed by atoms with Crippen LogP contribution in [0.1, 0.15) is 36.0 Å². The van der Waals surface area contributed by atoms with Crippen LogP contribution >= 0.6 is 11.6 Å². The summed E-state index contributed by atoms with van der Waals surface area (Å²) in [5.41, 5.74) is 12.1. The summed E-state index contributed by atoms with van der Waals surface area (Å²) in [6.45, 7) is 1.66. The molecule has 8 rings (SSSR count). The maximum atomic E-state index is 14.0. The minimum Gasteiger partial charge on any atom is -0.506 e. The quantitative estimate of drug-likeness (QED) is 0.202. The number of para-hydroxylation sites is 1. The van der Waals surface area contributed by atoms with Gasteiger partial charge in [-0.25, -0.2) is 4.98 Å². The van der Waals surface area contributed by atoms with Gasteiger partial charge in [0.1, 0.15) is 17.0 Å². The molecular formula is C34H34ClN5O3. The number of imidazole rings is 1. The first-order chi connectivity index (χ1) is 20.8. The number of fused-ring (bicyclic) bond motifs is 4. The number of nitrogens with one attached hydrogen (secondary N) is 1. The molecule has 220 valence electrons. The Kier molecular flexibility index (Phi) is 5.96. The van der Waals surface area contributed by atoms with Crippen molar-refractivity contribution in [1.29, 1.82) is 0 Å². The number of carbonyl (C=O) groups is 1. The first-order valence-corrected chi connectivity index (χ1v) is 15.4. The van der Waals surface area contributed by atoms with E-state index in [2.05, 4.69) is 32.7 Å². The molecule has 4 N–H and O–H groups in total. The molecule has 3 aliphatic rings. The molecular weight excluding hydrogens is 562 g/mol. The Hall–Kier alpha value is -3.85. The van der Waals surface area contributed by atoms with Crippen molar-refractivity contribution < 1.29 is 14.6 Å². The van der Waals surface area contributed by atoms with Gasteiger partial charge in [-0.05, 0) is 73.4 Å². The second kappa shape index (κ2) is 9.58. The third-order valence-electron chi connectivity index (χ3n) is 10.0. The van der Waals surface area contributed by atoms with Crippen molar-refractivity contribution in [2.75, 3.05) is 13.7 Å². The number of Topliss-reactive ketones (excluding diaryl/α,β-unsaturated/α-hetero) is 1. The number of halogens is 1. The summed E-state index contributed by atoms with van der Waals surface area (Å²) in [6.07, 6.45) is 4.12. The lowest BCUT2D eigenvalue weighted by atomic mass is 9.85. The highest BCUT2D eigenvalue weighted by molar-refractivity contribution is 6.32. The average Bonchev–Trinajstić information content (AvgIpc) is 3.43. The van der Waals surface area contributed by atoms with Crippen LogP contribution in [0.25, 0.3) is 44.6 Å². The van der Waals surface area contributed by atoms with E-state index in [1.165, 1.54) is 12.8 Å². The summed E-state index contributed by atoms with van der Waals surface area (Å²) in [6, 6.07) is 17.4. The molecule has 3 atom stereocenters. The Labute approximate surface area is 254 Å². The predicted molar refractivity (Wildman–Crippen MR) is 169 cm³/mol. The number of nitrogens with zero attached hydrogens (tertiary/aromatic N) is 3. The molecule has 8 nitrogen and oxygen atoms in total. The molecule has 3 fully saturated rings. The number of ketones is 1. The van der Waals surface area contributed by atoms with Gasteiger partial charge in [0.25, 0.3) is 0 Å². The fraction of sp³-hybridized carbons (Fsp3) is 0.353. The Balaban J connectivity index is 1.30. The molecule has 0 spiro atoms. The zero-order chi connectivity index (χ0) is 29.6. The molecule has 0 unspecified atom stereocenters. The summed E-state index contributed by atoms with van der Waals surface area (Å²) in [5, 5.41) is 14.9. The number of rotatable bonds is 7. The number of ether oxygens (including phenoxy) is 1. The number of aromatic hydroxyl groups is 1. The van der Waals surface area contributed by atoms with E-state index in [-0.39, 0.29) is 17.6 Å². The average molecular weight is 596 g/mol. The highest BCUT2D eigenvalue weighted by atomic mass is 35.5. The second-order valence-electron chi connectivity index (χ2n) is 12.5. The van der Waals surface area contributed by atoms with Crippen LogP contribution in [-0.2, 0) is 13.6 Å². The van der Waals surface area contributed by atoms with Crippen LogP contribution in [0.4, 0.5) is 0 Å². The minimum absolute atomic E-state index is 0.0208. The summed E-state index contributed by atoms with van der Waals surface area (Å²) in [5.74, 6) is 2.45. The van der Waals surface area contributed by atoms with Gasteiger partial charge in [-0.15, -0.1) is 0 Å². The number of hydrogen-bond acceptors (Lipinski definition) is 6. The molecule has 2 bridgehead atoms. The van der Waals surface area contributed by atoms with Gasteiger partial charge in [0.2, 0.25) is 0 Å². The third-order valence-corrected chi connectivity index (χ3v) is 10.3. The third kappa shape index (κ3) is 3.96. The summed E-state index contributed by atoms with van der Waals surface area (Å²) < 4.78 is 10.3. The molecule has 1 aliphatic heterocycles. The first-order valence-electron chi connectivity index (χ1n) is 15.0. The largest absolute Gasteiger partial charge is 0.506 e. The Morgan fingerprint density at radius 1 is 1.16 bits per heavy atom. The highest BCUT2D eigenvalue weighted by Crippen LogP contribution is 2.44. The number of phenols is 1. The van der Waals surface area contributed by atoms with E-state index in [9.17, 15) is 9.90 Å². The number of benzene rings is 3. The van der Waals surface area contributed by atoms with Crippen LogP contribution in [0.15, 0.2) is 54.6 Å². The molecule has 43 heavy (non-hydrogen) atoms. The zero-order valence-corrected chi connectivity index (χ0v) is 25.0. The van der Waals surface area contributed by atoms with Crippen LogP contribution < -0.4 is 15.8 Å². The van der Waals surface area contributed by atoms with Crippen molar-refractivity contribution in [2.45, 2.75) is 43.8 Å². The van der Waals surface area contributed by atoms with E-state index in [0.29, 0.717) is 33.7 Å². The monoisotopic (exact) mass is 595 g/mol. The van der Waals surface area contributed by atoms with Gasteiger partial charge in [0, 0.05) is 42.7 Å². The number of phenolic OH excluding ortho intramolecular Hbond substituents is 1. The van der Waals surface area contributed by atoms with E-state index in [0.717, 1.165) is 65.0 Å². The lowest BCUT2D eigenvalue weighted by Gasteiger charge is -2.29. The smallest absolute Gasteiger partial charge is 0.184 e. The molecule has 3 heterocycles. The van der Waals surface area contributed by atoms with E-state index in [4.69, 9.17) is 27.1 Å². The molecule has 9 heteroatoms. The fourth-order valence-electron chi connectivity index (χ4n) is 7.50. The first kappa shape index (κ1) is 26.8. The molecule has 2 aliphatic carbocycles. The minimum atomic E-state index is -0.717. The van der Waals surface area contributed by atoms with Crippen molar-refractivity contribution in [3.8, 4) is 34.1 Å². The van der Waals surface area contributed by atoms with Crippen molar-refractivity contribution in [2.24, 2.45) is 24.6 Å². The number of nitrogens with two attached hydrogens (primary N) is 1. The van der Waals surface area contributed by atoms with Gasteiger partial charge < -0.3 is 30.0 Å². The second-order valence-corrected chi connectivity index (χ2v) is 12.9. The van der Waals surface area contributed by atoms with Crippen molar-refractivity contribution in [1.82, 2.24) is 19.4 Å². The number of methoxy groups -OCH3 is 1. The normalized spacial score (nSPS) is 23.1. The standard InChI is InChI=1S/C34H34ClN5O3/c1-39-30-25(13-22(15-28(30)43-2)32(42)34-11-10-21(16-37-34)31(34)36)38-33(39)26-14-20-4-3-5-23(19-8-9-27(41)24(35)12-19)29(20)40(26)17-18-6-7-18/h3-5,8-9,12-15,18,21,31,37,41H,6-7,10-11,16-17,36H2,1-2H3/t21-,31-,34-/m1/s1. The number of aryl methyl sites for hydroxylation is 1. The molecule has 5 aromatic rings. The lowest BCUT2D eigenvalue weighted by molar-refractivity contribution is 0.0858. The van der Waals surface area contributed by atoms with Crippen molar-refractivity contribution >= 4 is 39.3 Å². The fourth-order valence-corrected chi connectivity index (χ4v) is 7.69. The van der Waals surface area contributed by atoms with Gasteiger partial charge in [-0.3, -0.25) is 4.79 Å². The number of hydrogen-bond donors (Lipinski definition) is 3. The Morgan fingerprint density at radius 2 is 2.00 bits per heavy atom. The van der Waals surface area contributed by atoms with Gasteiger partial charge in [0.15, 0.2) is 11.6 Å². The van der Waals surface area contributed by atoms with Crippen LogP contribution in [0, 0.1) is 11.8 Å². The number of aromatic nitrogens is 3. The van der Waals surface area contributed by atoms with Crippen LogP contribution in [0.2, 0.25) is 5.02 Å². The van der Waals surface area contributed by atoms with Crippen molar-refractivity contribution in [3.63, 3.8) is 0 Å². The zero-order valence-electron chi connectivity index (χ0n) is 24.2. The van der Waals surface area contributed by atoms with E-state index < -0.39 is 5.54 Å². The SMILES string of the molecule is COc1cc(C(=O)[C@]23CC[C@H](CN2)[C@H]3N)cc2nc(-c3cc4cccc(-c5ccc(O)c(Cl)c5)c4n3CC3CC3)n(C)c12. The maximum absolute atomic E-state index is 14.0. The molecule has 0 amide bonds. The Bertz CT molecular complexity index is 1950. The van der Waals surface area contributed by atoms with E-state index >= 15 is 0 Å². The lowest BCUT2D eigenvalue weighted by Crippen LogP contribution is -2.56.